The number of nitrogens with zero attached hydrogens (tertiary/aromatic N) is 2. The van der Waals surface area contributed by atoms with Crippen LogP contribution in [0.5, 0.6) is 0 Å². The second kappa shape index (κ2) is 8.68. The molecule has 0 saturated carbocycles. The summed E-state index contributed by atoms with van der Waals surface area (Å²) in [5.41, 5.74) is -0.377. The summed E-state index contributed by atoms with van der Waals surface area (Å²) in [6.45, 7) is 1.98. The minimum absolute atomic E-state index is 0.0617. The van der Waals surface area contributed by atoms with Gasteiger partial charge < -0.3 is 10.6 Å². The molecule has 1 atom stereocenters. The number of amides is 2. The Kier molecular flexibility index (Phi) is 5.92. The molecule has 3 aromatic rings. The molecule has 2 amide bonds. The number of rotatable bonds is 4. The predicted molar refractivity (Wildman–Crippen MR) is 115 cm³/mol. The zero-order chi connectivity index (χ0) is 23.8. The van der Waals surface area contributed by atoms with Crippen molar-refractivity contribution in [3.05, 3.63) is 75.3 Å². The number of piperidine rings is 1. The molecule has 0 radical (unpaired) electrons. The Balaban J connectivity index is 1.63. The van der Waals surface area contributed by atoms with Crippen LogP contribution in [0.1, 0.15) is 46.2 Å². The van der Waals surface area contributed by atoms with Crippen molar-refractivity contribution >= 4 is 22.7 Å². The summed E-state index contributed by atoms with van der Waals surface area (Å²) in [6.07, 6.45) is -3.74. The van der Waals surface area contributed by atoms with E-state index in [-0.39, 0.29) is 29.6 Å². The normalized spacial score (nSPS) is 16.5. The minimum Gasteiger partial charge on any atom is -0.354 e. The fourth-order valence-corrected chi connectivity index (χ4v) is 4.05. The molecule has 10 heteroatoms. The number of halogens is 3. The fourth-order valence-electron chi connectivity index (χ4n) is 4.05. The van der Waals surface area contributed by atoms with Gasteiger partial charge in [0.2, 0.25) is 5.91 Å². The number of benzene rings is 2. The molecule has 7 nitrogen and oxygen atoms in total. The van der Waals surface area contributed by atoms with E-state index in [9.17, 15) is 27.6 Å². The quantitative estimate of drug-likeness (QED) is 0.629. The van der Waals surface area contributed by atoms with E-state index in [1.165, 1.54) is 12.1 Å². The molecule has 1 unspecified atom stereocenters. The second-order valence-corrected chi connectivity index (χ2v) is 7.90. The SMILES string of the molecule is Cc1nc2cccc(CNC(=O)c3cccc(C(F)(F)F)c3)c2c(=O)n1C1CCC(=O)NC1. The first-order valence-electron chi connectivity index (χ1n) is 10.4. The van der Waals surface area contributed by atoms with E-state index < -0.39 is 17.6 Å². The molecule has 0 spiro atoms. The van der Waals surface area contributed by atoms with Crippen molar-refractivity contribution in [2.45, 2.75) is 38.5 Å². The molecule has 0 bridgehead atoms. The Morgan fingerprint density at radius 2 is 1.97 bits per heavy atom. The van der Waals surface area contributed by atoms with E-state index in [1.807, 2.05) is 0 Å². The molecule has 33 heavy (non-hydrogen) atoms. The highest BCUT2D eigenvalue weighted by Gasteiger charge is 2.31. The average molecular weight is 458 g/mol. The number of carbonyl (C=O) groups excluding carboxylic acids is 2. The summed E-state index contributed by atoms with van der Waals surface area (Å²) in [4.78, 5) is 41.9. The van der Waals surface area contributed by atoms with E-state index in [2.05, 4.69) is 15.6 Å². The molecule has 1 aliphatic rings. The van der Waals surface area contributed by atoms with Gasteiger partial charge in [-0.3, -0.25) is 19.0 Å². The second-order valence-electron chi connectivity index (χ2n) is 7.90. The monoisotopic (exact) mass is 458 g/mol. The maximum absolute atomic E-state index is 13.4. The molecule has 172 valence electrons. The number of fused-ring (bicyclic) bond motifs is 1. The first-order valence-corrected chi connectivity index (χ1v) is 10.4. The molecule has 4 rings (SSSR count). The maximum atomic E-state index is 13.4. The van der Waals surface area contributed by atoms with Gasteiger partial charge in [-0.2, -0.15) is 13.2 Å². The maximum Gasteiger partial charge on any atom is 0.416 e. The Labute approximate surface area is 186 Å². The Morgan fingerprint density at radius 1 is 1.21 bits per heavy atom. The molecule has 1 aliphatic heterocycles. The van der Waals surface area contributed by atoms with E-state index in [4.69, 9.17) is 0 Å². The summed E-state index contributed by atoms with van der Waals surface area (Å²) < 4.78 is 40.4. The molecule has 1 aromatic heterocycles. The fraction of sp³-hybridized carbons (Fsp3) is 0.304. The number of aromatic nitrogens is 2. The molecule has 0 aliphatic carbocycles. The predicted octanol–water partition coefficient (Wildman–Crippen LogP) is 3.10. The van der Waals surface area contributed by atoms with Crippen molar-refractivity contribution in [1.29, 1.82) is 0 Å². The first kappa shape index (κ1) is 22.5. The molecular weight excluding hydrogens is 437 g/mol. The van der Waals surface area contributed by atoms with Crippen molar-refractivity contribution in [2.75, 3.05) is 6.54 Å². The Morgan fingerprint density at radius 3 is 2.67 bits per heavy atom. The minimum atomic E-state index is -4.56. The van der Waals surface area contributed by atoms with Gasteiger partial charge in [0.05, 0.1) is 22.5 Å². The third-order valence-electron chi connectivity index (χ3n) is 5.69. The smallest absolute Gasteiger partial charge is 0.354 e. The largest absolute Gasteiger partial charge is 0.416 e. The van der Waals surface area contributed by atoms with Gasteiger partial charge in [-0.15, -0.1) is 0 Å². The number of aryl methyl sites for hydroxylation is 1. The third kappa shape index (κ3) is 4.59. The van der Waals surface area contributed by atoms with Crippen molar-refractivity contribution < 1.29 is 22.8 Å². The molecular formula is C23H21F3N4O3. The van der Waals surface area contributed by atoms with Crippen LogP contribution in [0.15, 0.2) is 47.3 Å². The van der Waals surface area contributed by atoms with Crippen LogP contribution in [0, 0.1) is 6.92 Å². The van der Waals surface area contributed by atoms with Crippen molar-refractivity contribution in [2.24, 2.45) is 0 Å². The van der Waals surface area contributed by atoms with Gasteiger partial charge in [-0.25, -0.2) is 4.98 Å². The van der Waals surface area contributed by atoms with Gasteiger partial charge in [0.15, 0.2) is 0 Å². The summed E-state index contributed by atoms with van der Waals surface area (Å²) >= 11 is 0. The third-order valence-corrected chi connectivity index (χ3v) is 5.69. The zero-order valence-corrected chi connectivity index (χ0v) is 17.7. The number of alkyl halides is 3. The van der Waals surface area contributed by atoms with E-state index in [0.29, 0.717) is 41.7 Å². The van der Waals surface area contributed by atoms with Gasteiger partial charge in [0.1, 0.15) is 5.82 Å². The number of carbonyl (C=O) groups is 2. The Hall–Kier alpha value is -3.69. The molecule has 2 N–H and O–H groups in total. The van der Waals surface area contributed by atoms with Crippen molar-refractivity contribution in [1.82, 2.24) is 20.2 Å². The summed E-state index contributed by atoms with van der Waals surface area (Å²) in [6, 6.07) is 8.96. The van der Waals surface area contributed by atoms with Gasteiger partial charge in [-0.05, 0) is 43.2 Å². The number of hydrogen-bond donors (Lipinski definition) is 2. The van der Waals surface area contributed by atoms with Gasteiger partial charge in [0, 0.05) is 25.1 Å². The van der Waals surface area contributed by atoms with Crippen LogP contribution < -0.4 is 16.2 Å². The van der Waals surface area contributed by atoms with Gasteiger partial charge in [-0.1, -0.05) is 18.2 Å². The lowest BCUT2D eigenvalue weighted by atomic mass is 10.0. The van der Waals surface area contributed by atoms with Crippen LogP contribution in [0.25, 0.3) is 10.9 Å². The highest BCUT2D eigenvalue weighted by atomic mass is 19.4. The van der Waals surface area contributed by atoms with Crippen molar-refractivity contribution in [3.8, 4) is 0 Å². The molecule has 2 heterocycles. The highest BCUT2D eigenvalue weighted by molar-refractivity contribution is 5.94. The summed E-state index contributed by atoms with van der Waals surface area (Å²) in [5.74, 6) is -0.240. The first-order chi connectivity index (χ1) is 15.6. The van der Waals surface area contributed by atoms with Crippen LogP contribution in [0.3, 0.4) is 0 Å². The highest BCUT2D eigenvalue weighted by Crippen LogP contribution is 2.29. The molecule has 2 aromatic carbocycles. The van der Waals surface area contributed by atoms with Crippen LogP contribution in [-0.4, -0.2) is 27.9 Å². The van der Waals surface area contributed by atoms with Gasteiger partial charge in [0.25, 0.3) is 11.5 Å². The average Bonchev–Trinajstić information content (AvgIpc) is 2.78. The van der Waals surface area contributed by atoms with Crippen LogP contribution in [-0.2, 0) is 17.5 Å². The lowest BCUT2D eigenvalue weighted by molar-refractivity contribution is -0.137. The summed E-state index contributed by atoms with van der Waals surface area (Å²) in [5, 5.41) is 5.67. The Bertz CT molecular complexity index is 1290. The lowest BCUT2D eigenvalue weighted by Gasteiger charge is -2.26. The van der Waals surface area contributed by atoms with E-state index >= 15 is 0 Å². The number of hydrogen-bond acceptors (Lipinski definition) is 4. The lowest BCUT2D eigenvalue weighted by Crippen LogP contribution is -2.40. The van der Waals surface area contributed by atoms with Gasteiger partial charge >= 0.3 is 6.18 Å². The molecule has 1 saturated heterocycles. The van der Waals surface area contributed by atoms with Crippen LogP contribution >= 0.6 is 0 Å². The van der Waals surface area contributed by atoms with Crippen molar-refractivity contribution in [3.63, 3.8) is 0 Å². The molecule has 1 fully saturated rings. The topological polar surface area (TPSA) is 93.1 Å². The van der Waals surface area contributed by atoms with E-state index in [1.54, 1.807) is 29.7 Å². The van der Waals surface area contributed by atoms with Crippen LogP contribution in [0.2, 0.25) is 0 Å². The zero-order valence-electron chi connectivity index (χ0n) is 17.7. The van der Waals surface area contributed by atoms with Crippen LogP contribution in [0.4, 0.5) is 13.2 Å². The number of nitrogens with one attached hydrogen (secondary N) is 2. The van der Waals surface area contributed by atoms with E-state index in [0.717, 1.165) is 12.1 Å². The summed E-state index contributed by atoms with van der Waals surface area (Å²) in [7, 11) is 0. The standard InChI is InChI=1S/C23H21F3N4O3/c1-13-29-18-7-3-5-15(20(18)22(33)30(13)17-8-9-19(31)27-12-17)11-28-21(32)14-4-2-6-16(10-14)23(24,25)26/h2-7,10,17H,8-9,11-12H2,1H3,(H,27,31)(H,28,32).